The van der Waals surface area contributed by atoms with Crippen molar-refractivity contribution < 1.29 is 4.79 Å². The lowest BCUT2D eigenvalue weighted by Crippen LogP contribution is -2.25. The van der Waals surface area contributed by atoms with Gasteiger partial charge in [0.1, 0.15) is 0 Å². The molecule has 2 atom stereocenters. The molecule has 14 heavy (non-hydrogen) atoms. The molecule has 2 heteroatoms. The van der Waals surface area contributed by atoms with Gasteiger partial charge < -0.3 is 5.73 Å². The van der Waals surface area contributed by atoms with Gasteiger partial charge >= 0.3 is 0 Å². The summed E-state index contributed by atoms with van der Waals surface area (Å²) in [5.74, 6) is -0.164. The average Bonchev–Trinajstić information content (AvgIpc) is 2.15. The molecule has 1 aromatic rings. The van der Waals surface area contributed by atoms with E-state index in [1.54, 1.807) is 0 Å². The molecule has 1 amide bonds. The molecule has 0 aliphatic carbocycles. The normalized spacial score (nSPS) is 14.8. The number of hydrogen-bond donors (Lipinski definition) is 1. The van der Waals surface area contributed by atoms with Crippen LogP contribution in [0.4, 0.5) is 0 Å². The number of hydrogen-bond acceptors (Lipinski definition) is 1. The Labute approximate surface area is 85.1 Å². The van der Waals surface area contributed by atoms with Crippen LogP contribution in [0.25, 0.3) is 0 Å². The zero-order chi connectivity index (χ0) is 10.7. The lowest BCUT2D eigenvalue weighted by molar-refractivity contribution is -0.121. The van der Waals surface area contributed by atoms with Gasteiger partial charge in [0, 0.05) is 5.92 Å². The van der Waals surface area contributed by atoms with E-state index >= 15 is 0 Å². The van der Waals surface area contributed by atoms with Gasteiger partial charge in [-0.1, -0.05) is 43.7 Å². The molecule has 76 valence electrons. The maximum Gasteiger partial charge on any atom is 0.220 e. The topological polar surface area (TPSA) is 43.1 Å². The molecule has 0 heterocycles. The van der Waals surface area contributed by atoms with Crippen molar-refractivity contribution >= 4 is 5.91 Å². The first-order valence-electron chi connectivity index (χ1n) is 4.88. The lowest BCUT2D eigenvalue weighted by Gasteiger charge is -2.17. The van der Waals surface area contributed by atoms with Crippen molar-refractivity contribution in [3.8, 4) is 0 Å². The molecular formula is C12H17NO. The molecule has 0 spiro atoms. The Morgan fingerprint density at radius 1 is 1.36 bits per heavy atom. The monoisotopic (exact) mass is 191 g/mol. The highest BCUT2D eigenvalue weighted by molar-refractivity contribution is 5.77. The van der Waals surface area contributed by atoms with Crippen molar-refractivity contribution in [2.75, 3.05) is 0 Å². The second kappa shape index (κ2) is 4.27. The van der Waals surface area contributed by atoms with Gasteiger partial charge in [-0.25, -0.2) is 0 Å². The van der Waals surface area contributed by atoms with E-state index in [2.05, 4.69) is 6.07 Å². The molecule has 0 aliphatic heterocycles. The van der Waals surface area contributed by atoms with Gasteiger partial charge in [-0.3, -0.25) is 4.79 Å². The standard InChI is InChI=1S/C12H17NO/c1-8-5-4-6-11(7-8)9(2)10(3)12(13)14/h4-7,9-10H,1-3H3,(H2,13,14)/t9-,10?/m1/s1. The molecule has 1 rings (SSSR count). The van der Waals surface area contributed by atoms with Crippen molar-refractivity contribution in [2.24, 2.45) is 11.7 Å². The van der Waals surface area contributed by atoms with Gasteiger partial charge in [0.2, 0.25) is 5.91 Å². The van der Waals surface area contributed by atoms with Gasteiger partial charge in [-0.05, 0) is 18.4 Å². The highest BCUT2D eigenvalue weighted by Gasteiger charge is 2.18. The van der Waals surface area contributed by atoms with Crippen LogP contribution in [0, 0.1) is 12.8 Å². The van der Waals surface area contributed by atoms with Crippen LogP contribution in [0.15, 0.2) is 24.3 Å². The quantitative estimate of drug-likeness (QED) is 0.782. The van der Waals surface area contributed by atoms with Crippen LogP contribution in [0.2, 0.25) is 0 Å². The summed E-state index contributed by atoms with van der Waals surface area (Å²) < 4.78 is 0. The van der Waals surface area contributed by atoms with E-state index < -0.39 is 0 Å². The first kappa shape index (κ1) is 10.8. The van der Waals surface area contributed by atoms with Crippen LogP contribution in [-0.2, 0) is 4.79 Å². The molecule has 0 saturated heterocycles. The van der Waals surface area contributed by atoms with E-state index in [4.69, 9.17) is 5.73 Å². The Morgan fingerprint density at radius 2 is 2.00 bits per heavy atom. The first-order valence-corrected chi connectivity index (χ1v) is 4.88. The SMILES string of the molecule is Cc1cccc([C@H](C)C(C)C(N)=O)c1. The summed E-state index contributed by atoms with van der Waals surface area (Å²) in [7, 11) is 0. The summed E-state index contributed by atoms with van der Waals surface area (Å²) in [5, 5.41) is 0. The van der Waals surface area contributed by atoms with Gasteiger partial charge in [0.25, 0.3) is 0 Å². The number of amides is 1. The molecule has 0 fully saturated rings. The Hall–Kier alpha value is -1.31. The van der Waals surface area contributed by atoms with Gasteiger partial charge in [-0.15, -0.1) is 0 Å². The van der Waals surface area contributed by atoms with Crippen LogP contribution in [0.5, 0.6) is 0 Å². The number of primary amides is 1. The molecule has 0 bridgehead atoms. The fraction of sp³-hybridized carbons (Fsp3) is 0.417. The van der Waals surface area contributed by atoms with Crippen molar-refractivity contribution in [2.45, 2.75) is 26.7 Å². The molecule has 2 nitrogen and oxygen atoms in total. The molecule has 0 saturated carbocycles. The van der Waals surface area contributed by atoms with Crippen molar-refractivity contribution in [3.05, 3.63) is 35.4 Å². The highest BCUT2D eigenvalue weighted by atomic mass is 16.1. The lowest BCUT2D eigenvalue weighted by atomic mass is 9.88. The van der Waals surface area contributed by atoms with Gasteiger partial charge in [0.05, 0.1) is 0 Å². The number of aryl methyl sites for hydroxylation is 1. The molecule has 2 N–H and O–H groups in total. The second-order valence-electron chi connectivity index (χ2n) is 3.89. The summed E-state index contributed by atoms with van der Waals surface area (Å²) in [4.78, 5) is 11.0. The first-order chi connectivity index (χ1) is 6.52. The molecule has 0 aromatic heterocycles. The third-order valence-corrected chi connectivity index (χ3v) is 2.77. The van der Waals surface area contributed by atoms with Crippen molar-refractivity contribution in [1.82, 2.24) is 0 Å². The Morgan fingerprint density at radius 3 is 2.50 bits per heavy atom. The van der Waals surface area contributed by atoms with E-state index in [0.29, 0.717) is 0 Å². The minimum Gasteiger partial charge on any atom is -0.369 e. The average molecular weight is 191 g/mol. The van der Waals surface area contributed by atoms with Gasteiger partial charge in [-0.2, -0.15) is 0 Å². The minimum absolute atomic E-state index is 0.114. The Kier molecular flexibility index (Phi) is 3.28. The van der Waals surface area contributed by atoms with Crippen LogP contribution < -0.4 is 5.73 Å². The Bertz CT molecular complexity index is 333. The summed E-state index contributed by atoms with van der Waals surface area (Å²) in [5.41, 5.74) is 7.66. The fourth-order valence-corrected chi connectivity index (χ4v) is 1.49. The number of rotatable bonds is 3. The van der Waals surface area contributed by atoms with E-state index in [-0.39, 0.29) is 17.7 Å². The number of carbonyl (C=O) groups excluding carboxylic acids is 1. The van der Waals surface area contributed by atoms with E-state index in [1.165, 1.54) is 11.1 Å². The van der Waals surface area contributed by atoms with Crippen LogP contribution >= 0.6 is 0 Å². The van der Waals surface area contributed by atoms with Crippen LogP contribution in [0.1, 0.15) is 30.9 Å². The predicted octanol–water partition coefficient (Wildman–Crippen LogP) is 2.22. The van der Waals surface area contributed by atoms with Crippen molar-refractivity contribution in [3.63, 3.8) is 0 Å². The maximum atomic E-state index is 11.0. The molecular weight excluding hydrogens is 174 g/mol. The minimum atomic E-state index is -0.237. The summed E-state index contributed by atoms with van der Waals surface area (Å²) in [6, 6.07) is 8.20. The smallest absolute Gasteiger partial charge is 0.220 e. The Balaban J connectivity index is 2.89. The van der Waals surface area contributed by atoms with E-state index in [0.717, 1.165) is 0 Å². The van der Waals surface area contributed by atoms with Crippen LogP contribution in [-0.4, -0.2) is 5.91 Å². The second-order valence-corrected chi connectivity index (χ2v) is 3.89. The van der Waals surface area contributed by atoms with E-state index in [9.17, 15) is 4.79 Å². The summed E-state index contributed by atoms with van der Waals surface area (Å²) >= 11 is 0. The molecule has 0 radical (unpaired) electrons. The van der Waals surface area contributed by atoms with Crippen LogP contribution in [0.3, 0.4) is 0 Å². The molecule has 1 unspecified atom stereocenters. The predicted molar refractivity (Wildman–Crippen MR) is 58.0 cm³/mol. The zero-order valence-electron chi connectivity index (χ0n) is 8.95. The third-order valence-electron chi connectivity index (χ3n) is 2.77. The molecule has 1 aromatic carbocycles. The third kappa shape index (κ3) is 2.34. The van der Waals surface area contributed by atoms with Gasteiger partial charge in [0.15, 0.2) is 0 Å². The largest absolute Gasteiger partial charge is 0.369 e. The summed E-state index contributed by atoms with van der Waals surface area (Å²) in [6.07, 6.45) is 0. The number of benzene rings is 1. The maximum absolute atomic E-state index is 11.0. The van der Waals surface area contributed by atoms with E-state index in [1.807, 2.05) is 39.0 Å². The van der Waals surface area contributed by atoms with Crippen molar-refractivity contribution in [1.29, 1.82) is 0 Å². The fourth-order valence-electron chi connectivity index (χ4n) is 1.49. The zero-order valence-corrected chi connectivity index (χ0v) is 8.95. The number of nitrogens with two attached hydrogens (primary N) is 1. The number of carbonyl (C=O) groups is 1. The molecule has 0 aliphatic rings. The summed E-state index contributed by atoms with van der Waals surface area (Å²) in [6.45, 7) is 5.95. The highest BCUT2D eigenvalue weighted by Crippen LogP contribution is 2.24.